The molecule has 1 aliphatic rings. The molecule has 0 radical (unpaired) electrons. The highest BCUT2D eigenvalue weighted by atomic mass is 79.9. The summed E-state index contributed by atoms with van der Waals surface area (Å²) in [5.41, 5.74) is 16.5. The van der Waals surface area contributed by atoms with Gasteiger partial charge in [-0.3, -0.25) is 8.80 Å². The zero-order chi connectivity index (χ0) is 67.0. The van der Waals surface area contributed by atoms with Crippen molar-refractivity contribution in [2.45, 2.75) is 38.9 Å². The fraction of sp³-hybridized carbons (Fsp3) is 0.0652. The Morgan fingerprint density at radius 2 is 0.630 bits per heavy atom. The first kappa shape index (κ1) is 59.7. The molecule has 0 saturated carbocycles. The first-order chi connectivity index (χ1) is 49.0. The van der Waals surface area contributed by atoms with E-state index in [4.69, 9.17) is 19.3 Å². The van der Waals surface area contributed by atoms with Crippen LogP contribution in [0.1, 0.15) is 27.7 Å². The molecule has 0 amide bonds. The van der Waals surface area contributed by atoms with Gasteiger partial charge < -0.3 is 9.31 Å². The Hall–Kier alpha value is -11.5. The highest BCUT2D eigenvalue weighted by Crippen LogP contribution is 2.48. The Morgan fingerprint density at radius 3 is 1.09 bits per heavy atom. The molecule has 4 aromatic heterocycles. The first-order valence-electron chi connectivity index (χ1n) is 34.3. The maximum absolute atomic E-state index is 6.30. The van der Waals surface area contributed by atoms with Crippen molar-refractivity contribution >= 4 is 170 Å². The fourth-order valence-electron chi connectivity index (χ4n) is 15.9. The average Bonchev–Trinajstić information content (AvgIpc) is 1.43. The van der Waals surface area contributed by atoms with Crippen LogP contribution in [0.25, 0.3) is 175 Å². The summed E-state index contributed by atoms with van der Waals surface area (Å²) in [4.78, 5) is 10.1. The van der Waals surface area contributed by atoms with Crippen LogP contribution in [0.4, 0.5) is 0 Å². The Labute approximate surface area is 586 Å². The van der Waals surface area contributed by atoms with Gasteiger partial charge in [0.2, 0.25) is 0 Å². The zero-order valence-corrected chi connectivity index (χ0v) is 57.2. The lowest BCUT2D eigenvalue weighted by Crippen LogP contribution is -2.41. The SMILES string of the molecule is Brc1c2ccccc2c(-c2cccc3ccccc23)c2ccccc12.CC1(C)OB(c2ccc3c(c2)c2ccccc2n2c4ccccc4nc32)OC1(C)C.c1ccc2c(-c3c4ccccc4c(-c4ccc5c(c4)c4ccccc4n4c6ccccc6nc54)c4ccccc34)cccc2c1. The molecule has 20 aromatic rings. The molecule has 0 unspecified atom stereocenters. The van der Waals surface area contributed by atoms with Crippen LogP contribution < -0.4 is 5.46 Å². The number of imidazole rings is 2. The standard InChI is InChI=1S/C43H26N2.C25H23BN2O2.C24H15Br/c1-2-14-29-27(12-1)13-11-20-31(29)42-34-18-5-3-16-32(34)41(33-17-4-6-19-35(33)42)28-24-25-36-37(26-28)30-15-7-9-22-39(30)45-40-23-10-8-21-38(40)44-43(36)45;1-24(2)25(3,4)30-26(29-24)16-13-14-18-19(15-16)17-9-5-7-11-21(17)28-22-12-8-6-10-20(22)27-23(18)28;25-24-21-13-5-3-11-19(21)23(20-12-4-6-14-22(20)24)18-15-7-9-16-8-1-2-10-17(16)18/h1-26H;5-15H,1-4H3;1-15H. The fourth-order valence-corrected chi connectivity index (χ4v) is 16.6. The molecule has 0 atom stereocenters. The van der Waals surface area contributed by atoms with Gasteiger partial charge in [-0.15, -0.1) is 0 Å². The molecule has 474 valence electrons. The van der Waals surface area contributed by atoms with Crippen LogP contribution in [0.5, 0.6) is 0 Å². The summed E-state index contributed by atoms with van der Waals surface area (Å²) in [6, 6.07) is 113. The van der Waals surface area contributed by atoms with E-state index < -0.39 is 0 Å². The molecule has 0 aliphatic carbocycles. The maximum atomic E-state index is 6.30. The Morgan fingerprint density at radius 1 is 0.290 bits per heavy atom. The van der Waals surface area contributed by atoms with Crippen LogP contribution in [0, 0.1) is 0 Å². The molecular weight excluding hydrogens is 1280 g/mol. The van der Waals surface area contributed by atoms with Crippen molar-refractivity contribution in [1.82, 2.24) is 18.8 Å². The lowest BCUT2D eigenvalue weighted by atomic mass is 9.78. The number of hydrogen-bond donors (Lipinski definition) is 0. The minimum absolute atomic E-state index is 0.362. The maximum Gasteiger partial charge on any atom is 0.494 e. The van der Waals surface area contributed by atoms with Gasteiger partial charge in [0.15, 0.2) is 0 Å². The second-order valence-corrected chi connectivity index (χ2v) is 28.2. The van der Waals surface area contributed by atoms with Gasteiger partial charge in [-0.1, -0.05) is 267 Å². The van der Waals surface area contributed by atoms with Gasteiger partial charge in [-0.2, -0.15) is 0 Å². The third kappa shape index (κ3) is 9.39. The van der Waals surface area contributed by atoms with Crippen molar-refractivity contribution in [2.75, 3.05) is 0 Å². The van der Waals surface area contributed by atoms with Crippen LogP contribution in [-0.4, -0.2) is 37.1 Å². The summed E-state index contributed by atoms with van der Waals surface area (Å²) in [5.74, 6) is 0. The molecule has 0 bridgehead atoms. The molecule has 100 heavy (non-hydrogen) atoms. The number of para-hydroxylation sites is 6. The quantitative estimate of drug-likeness (QED) is 0.100. The van der Waals surface area contributed by atoms with Gasteiger partial charge in [0.25, 0.3) is 0 Å². The van der Waals surface area contributed by atoms with E-state index in [0.717, 1.165) is 55.1 Å². The van der Waals surface area contributed by atoms with Gasteiger partial charge in [0.1, 0.15) is 11.3 Å². The Bertz CT molecular complexity index is 6650. The van der Waals surface area contributed by atoms with E-state index in [-0.39, 0.29) is 18.3 Å². The number of hydrogen-bond acceptors (Lipinski definition) is 4. The Kier molecular flexibility index (Phi) is 13.9. The predicted molar refractivity (Wildman–Crippen MR) is 427 cm³/mol. The first-order valence-corrected chi connectivity index (χ1v) is 35.1. The smallest absolute Gasteiger partial charge is 0.399 e. The van der Waals surface area contributed by atoms with Gasteiger partial charge in [-0.05, 0) is 206 Å². The monoisotopic (exact) mass is 1350 g/mol. The summed E-state index contributed by atoms with van der Waals surface area (Å²) < 4.78 is 18.4. The topological polar surface area (TPSA) is 53.1 Å². The largest absolute Gasteiger partial charge is 0.494 e. The van der Waals surface area contributed by atoms with E-state index in [0.29, 0.717) is 0 Å². The normalized spacial score (nSPS) is 13.7. The van der Waals surface area contributed by atoms with E-state index >= 15 is 0 Å². The molecular formula is C92H64BBrN4O2. The van der Waals surface area contributed by atoms with Crippen LogP contribution in [0.2, 0.25) is 0 Å². The average molecular weight is 1350 g/mol. The van der Waals surface area contributed by atoms with E-state index in [1.165, 1.54) is 130 Å². The van der Waals surface area contributed by atoms with Gasteiger partial charge in [-0.25, -0.2) is 9.97 Å². The highest BCUT2D eigenvalue weighted by molar-refractivity contribution is 9.10. The van der Waals surface area contributed by atoms with Crippen molar-refractivity contribution < 1.29 is 9.31 Å². The van der Waals surface area contributed by atoms with Crippen LogP contribution in [0.15, 0.2) is 320 Å². The molecule has 0 spiro atoms. The molecule has 5 heterocycles. The number of halogens is 1. The zero-order valence-electron chi connectivity index (χ0n) is 55.6. The minimum atomic E-state index is -0.381. The summed E-state index contributed by atoms with van der Waals surface area (Å²) in [6.07, 6.45) is 0. The molecule has 1 fully saturated rings. The summed E-state index contributed by atoms with van der Waals surface area (Å²) in [7, 11) is -0.381. The molecule has 0 N–H and O–H groups in total. The summed E-state index contributed by atoms with van der Waals surface area (Å²) in [5, 5.41) is 22.3. The van der Waals surface area contributed by atoms with Gasteiger partial charge >= 0.3 is 7.12 Å². The van der Waals surface area contributed by atoms with Crippen molar-refractivity contribution in [3.8, 4) is 33.4 Å². The van der Waals surface area contributed by atoms with Crippen molar-refractivity contribution in [2.24, 2.45) is 0 Å². The van der Waals surface area contributed by atoms with E-state index in [1.54, 1.807) is 0 Å². The number of benzene rings is 16. The highest BCUT2D eigenvalue weighted by Gasteiger charge is 2.51. The summed E-state index contributed by atoms with van der Waals surface area (Å²) >= 11 is 3.84. The second-order valence-electron chi connectivity index (χ2n) is 27.4. The van der Waals surface area contributed by atoms with E-state index in [1.807, 2.05) is 6.07 Å². The van der Waals surface area contributed by atoms with Crippen LogP contribution in [0.3, 0.4) is 0 Å². The van der Waals surface area contributed by atoms with Gasteiger partial charge in [0, 0.05) is 26.0 Å². The third-order valence-corrected chi connectivity index (χ3v) is 22.1. The lowest BCUT2D eigenvalue weighted by molar-refractivity contribution is 0.00578. The number of rotatable bonds is 4. The van der Waals surface area contributed by atoms with Crippen molar-refractivity contribution in [3.63, 3.8) is 0 Å². The molecule has 1 aliphatic heterocycles. The number of fused-ring (bicyclic) bond motifs is 22. The van der Waals surface area contributed by atoms with Crippen LogP contribution >= 0.6 is 15.9 Å². The molecule has 1 saturated heterocycles. The van der Waals surface area contributed by atoms with Gasteiger partial charge in [0.05, 0.1) is 44.3 Å². The molecule has 16 aromatic carbocycles. The predicted octanol–water partition coefficient (Wildman–Crippen LogP) is 24.3. The molecule has 6 nitrogen and oxygen atoms in total. The molecule has 21 rings (SSSR count). The Balaban J connectivity index is 0.000000110. The number of aromatic nitrogens is 4. The van der Waals surface area contributed by atoms with Crippen LogP contribution in [-0.2, 0) is 9.31 Å². The third-order valence-electron chi connectivity index (χ3n) is 21.3. The lowest BCUT2D eigenvalue weighted by Gasteiger charge is -2.32. The van der Waals surface area contributed by atoms with E-state index in [9.17, 15) is 0 Å². The number of pyridine rings is 2. The minimum Gasteiger partial charge on any atom is -0.399 e. The van der Waals surface area contributed by atoms with Crippen molar-refractivity contribution in [3.05, 3.63) is 320 Å². The summed E-state index contributed by atoms with van der Waals surface area (Å²) in [6.45, 7) is 8.35. The van der Waals surface area contributed by atoms with Crippen molar-refractivity contribution in [1.29, 1.82) is 0 Å². The number of nitrogens with zero attached hydrogens (tertiary/aromatic N) is 4. The molecule has 8 heteroatoms. The van der Waals surface area contributed by atoms with E-state index in [2.05, 4.69) is 362 Å². The second kappa shape index (κ2) is 23.3.